The van der Waals surface area contributed by atoms with Gasteiger partial charge in [-0.3, -0.25) is 0 Å². The van der Waals surface area contributed by atoms with E-state index in [1.165, 1.54) is 12.8 Å². The highest BCUT2D eigenvalue weighted by atomic mass is 16.6. The molecule has 2 N–H and O–H groups in total. The third-order valence-electron chi connectivity index (χ3n) is 3.52. The molecule has 1 aliphatic rings. The van der Waals surface area contributed by atoms with Crippen LogP contribution in [0.15, 0.2) is 0 Å². The van der Waals surface area contributed by atoms with Gasteiger partial charge in [0.1, 0.15) is 5.60 Å². The van der Waals surface area contributed by atoms with Crippen molar-refractivity contribution in [3.63, 3.8) is 0 Å². The molecule has 0 aliphatic heterocycles. The van der Waals surface area contributed by atoms with Gasteiger partial charge in [-0.2, -0.15) is 0 Å². The van der Waals surface area contributed by atoms with Gasteiger partial charge < -0.3 is 15.4 Å². The lowest BCUT2D eigenvalue weighted by atomic mass is 9.90. The van der Waals surface area contributed by atoms with Gasteiger partial charge in [0.05, 0.1) is 0 Å². The van der Waals surface area contributed by atoms with E-state index in [2.05, 4.69) is 17.6 Å². The number of hydrogen-bond donors (Lipinski definition) is 2. The van der Waals surface area contributed by atoms with Crippen LogP contribution in [0, 0.1) is 0 Å². The SMILES string of the molecule is CNC(C)CC1(NC(=O)OC(C)(C)C)CCCC1. The summed E-state index contributed by atoms with van der Waals surface area (Å²) in [7, 11) is 1.96. The van der Waals surface area contributed by atoms with Crippen molar-refractivity contribution in [1.82, 2.24) is 10.6 Å². The van der Waals surface area contributed by atoms with E-state index in [-0.39, 0.29) is 11.6 Å². The van der Waals surface area contributed by atoms with Gasteiger partial charge in [0.2, 0.25) is 0 Å². The molecule has 106 valence electrons. The predicted octanol–water partition coefficient (Wildman–Crippen LogP) is 2.82. The van der Waals surface area contributed by atoms with Crippen molar-refractivity contribution in [2.45, 2.75) is 77.0 Å². The maximum Gasteiger partial charge on any atom is 0.408 e. The summed E-state index contributed by atoms with van der Waals surface area (Å²) in [6, 6.07) is 0.401. The minimum atomic E-state index is -0.432. The number of rotatable bonds is 4. The normalized spacial score (nSPS) is 20.5. The first-order chi connectivity index (χ1) is 8.26. The van der Waals surface area contributed by atoms with Gasteiger partial charge in [-0.15, -0.1) is 0 Å². The Labute approximate surface area is 111 Å². The summed E-state index contributed by atoms with van der Waals surface area (Å²) in [5, 5.41) is 6.36. The molecule has 1 saturated carbocycles. The van der Waals surface area contributed by atoms with E-state index in [1.807, 2.05) is 27.8 Å². The van der Waals surface area contributed by atoms with Crippen LogP contribution in [0.4, 0.5) is 4.79 Å². The van der Waals surface area contributed by atoms with Gasteiger partial charge >= 0.3 is 6.09 Å². The maximum atomic E-state index is 11.9. The quantitative estimate of drug-likeness (QED) is 0.813. The van der Waals surface area contributed by atoms with Crippen LogP contribution in [0.1, 0.15) is 59.8 Å². The topological polar surface area (TPSA) is 50.4 Å². The Morgan fingerprint density at radius 1 is 1.33 bits per heavy atom. The van der Waals surface area contributed by atoms with E-state index in [0.717, 1.165) is 19.3 Å². The van der Waals surface area contributed by atoms with Crippen LogP contribution in [-0.2, 0) is 4.74 Å². The Kier molecular flexibility index (Phi) is 5.02. The fourth-order valence-electron chi connectivity index (χ4n) is 2.64. The van der Waals surface area contributed by atoms with Crippen LogP contribution >= 0.6 is 0 Å². The molecule has 4 heteroatoms. The van der Waals surface area contributed by atoms with Crippen molar-refractivity contribution in [3.8, 4) is 0 Å². The molecule has 1 rings (SSSR count). The molecule has 1 amide bonds. The van der Waals surface area contributed by atoms with E-state index in [1.54, 1.807) is 0 Å². The largest absolute Gasteiger partial charge is 0.444 e. The zero-order valence-corrected chi connectivity index (χ0v) is 12.4. The monoisotopic (exact) mass is 256 g/mol. The second-order valence-electron chi connectivity index (χ2n) is 6.51. The highest BCUT2D eigenvalue weighted by molar-refractivity contribution is 5.68. The van der Waals surface area contributed by atoms with Gasteiger partial charge in [-0.1, -0.05) is 12.8 Å². The van der Waals surface area contributed by atoms with Crippen LogP contribution in [0.25, 0.3) is 0 Å². The molecule has 0 aromatic heterocycles. The van der Waals surface area contributed by atoms with Crippen molar-refractivity contribution in [2.24, 2.45) is 0 Å². The number of hydrogen-bond acceptors (Lipinski definition) is 3. The summed E-state index contributed by atoms with van der Waals surface area (Å²) < 4.78 is 5.37. The summed E-state index contributed by atoms with van der Waals surface area (Å²) >= 11 is 0. The summed E-state index contributed by atoms with van der Waals surface area (Å²) in [4.78, 5) is 11.9. The Morgan fingerprint density at radius 3 is 2.33 bits per heavy atom. The summed E-state index contributed by atoms with van der Waals surface area (Å²) in [6.07, 6.45) is 5.16. The van der Waals surface area contributed by atoms with E-state index >= 15 is 0 Å². The van der Waals surface area contributed by atoms with Gasteiger partial charge in [0, 0.05) is 11.6 Å². The standard InChI is InChI=1S/C14H28N2O2/c1-11(15-5)10-14(8-6-7-9-14)16-12(17)18-13(2,3)4/h11,15H,6-10H2,1-5H3,(H,16,17). The lowest BCUT2D eigenvalue weighted by molar-refractivity contribution is 0.0445. The van der Waals surface area contributed by atoms with Gasteiger partial charge in [-0.25, -0.2) is 4.79 Å². The molecule has 0 heterocycles. The Morgan fingerprint density at radius 2 is 1.89 bits per heavy atom. The third kappa shape index (κ3) is 4.84. The van der Waals surface area contributed by atoms with E-state index in [0.29, 0.717) is 6.04 Å². The molecule has 0 aromatic carbocycles. The molecule has 1 atom stereocenters. The average molecular weight is 256 g/mol. The second kappa shape index (κ2) is 5.91. The fraction of sp³-hybridized carbons (Fsp3) is 0.929. The Bertz CT molecular complexity index is 278. The van der Waals surface area contributed by atoms with Gasteiger partial charge in [0.25, 0.3) is 0 Å². The molecule has 18 heavy (non-hydrogen) atoms. The number of nitrogens with one attached hydrogen (secondary N) is 2. The Balaban J connectivity index is 2.60. The van der Waals surface area contributed by atoms with Crippen molar-refractivity contribution < 1.29 is 9.53 Å². The number of alkyl carbamates (subject to hydrolysis) is 1. The first kappa shape index (κ1) is 15.3. The molecule has 0 aromatic rings. The predicted molar refractivity (Wildman–Crippen MR) is 73.7 cm³/mol. The number of carbonyl (C=O) groups excluding carboxylic acids is 1. The average Bonchev–Trinajstić information content (AvgIpc) is 2.62. The minimum Gasteiger partial charge on any atom is -0.444 e. The second-order valence-corrected chi connectivity index (χ2v) is 6.51. The van der Waals surface area contributed by atoms with E-state index in [9.17, 15) is 4.79 Å². The van der Waals surface area contributed by atoms with Gasteiger partial charge in [-0.05, 0) is 54.0 Å². The number of amides is 1. The number of carbonyl (C=O) groups is 1. The smallest absolute Gasteiger partial charge is 0.408 e. The van der Waals surface area contributed by atoms with Crippen molar-refractivity contribution in [1.29, 1.82) is 0 Å². The first-order valence-corrected chi connectivity index (χ1v) is 6.95. The third-order valence-corrected chi connectivity index (χ3v) is 3.52. The van der Waals surface area contributed by atoms with Crippen LogP contribution in [0.2, 0.25) is 0 Å². The van der Waals surface area contributed by atoms with Crippen molar-refractivity contribution in [2.75, 3.05) is 7.05 Å². The lowest BCUT2D eigenvalue weighted by Crippen LogP contribution is -2.51. The van der Waals surface area contributed by atoms with Crippen LogP contribution in [-0.4, -0.2) is 30.3 Å². The molecular weight excluding hydrogens is 228 g/mol. The lowest BCUT2D eigenvalue weighted by Gasteiger charge is -2.33. The molecule has 0 spiro atoms. The van der Waals surface area contributed by atoms with Crippen LogP contribution in [0.3, 0.4) is 0 Å². The molecular formula is C14H28N2O2. The van der Waals surface area contributed by atoms with E-state index < -0.39 is 5.60 Å². The summed E-state index contributed by atoms with van der Waals surface area (Å²) in [6.45, 7) is 7.83. The molecule has 4 nitrogen and oxygen atoms in total. The fourth-order valence-corrected chi connectivity index (χ4v) is 2.64. The van der Waals surface area contributed by atoms with Crippen LogP contribution < -0.4 is 10.6 Å². The van der Waals surface area contributed by atoms with Gasteiger partial charge in [0.15, 0.2) is 0 Å². The molecule has 0 bridgehead atoms. The molecule has 1 aliphatic carbocycles. The highest BCUT2D eigenvalue weighted by Crippen LogP contribution is 2.33. The highest BCUT2D eigenvalue weighted by Gasteiger charge is 2.37. The molecule has 0 saturated heterocycles. The maximum absolute atomic E-state index is 11.9. The Hall–Kier alpha value is -0.770. The first-order valence-electron chi connectivity index (χ1n) is 6.95. The zero-order valence-electron chi connectivity index (χ0n) is 12.4. The summed E-state index contributed by atoms with van der Waals surface area (Å²) in [5.74, 6) is 0. The van der Waals surface area contributed by atoms with Crippen molar-refractivity contribution >= 4 is 6.09 Å². The van der Waals surface area contributed by atoms with Crippen LogP contribution in [0.5, 0.6) is 0 Å². The van der Waals surface area contributed by atoms with Crippen molar-refractivity contribution in [3.05, 3.63) is 0 Å². The van der Waals surface area contributed by atoms with E-state index in [4.69, 9.17) is 4.74 Å². The molecule has 0 radical (unpaired) electrons. The summed E-state index contributed by atoms with van der Waals surface area (Å²) in [5.41, 5.74) is -0.511. The molecule has 1 unspecified atom stereocenters. The molecule has 1 fully saturated rings. The minimum absolute atomic E-state index is 0.0786. The number of ether oxygens (including phenoxy) is 1. The zero-order chi connectivity index (χ0) is 13.8.